The van der Waals surface area contributed by atoms with Crippen molar-refractivity contribution in [2.45, 2.75) is 464 Å². The normalized spacial score (nSPS) is 13.8. The second-order valence-corrected chi connectivity index (χ2v) is 33.3. The van der Waals surface area contributed by atoms with E-state index >= 15 is 0 Å². The highest BCUT2D eigenvalue weighted by atomic mass is 31.2. The van der Waals surface area contributed by atoms with Gasteiger partial charge in [0.1, 0.15) is 19.3 Å². The molecule has 0 spiro atoms. The molecule has 0 aliphatic heterocycles. The summed E-state index contributed by atoms with van der Waals surface area (Å²) in [6.45, 7) is 7.32. The zero-order valence-electron chi connectivity index (χ0n) is 66.8. The Kier molecular flexibility index (Phi) is 74.4. The van der Waals surface area contributed by atoms with Crippen LogP contribution in [0.15, 0.2) is 0 Å². The van der Waals surface area contributed by atoms with Gasteiger partial charge in [0.25, 0.3) is 0 Å². The first-order chi connectivity index (χ1) is 49.5. The van der Waals surface area contributed by atoms with E-state index in [-0.39, 0.29) is 25.7 Å². The third-order valence-corrected chi connectivity index (χ3v) is 21.4. The number of rotatable bonds is 83. The molecule has 0 aliphatic carbocycles. The van der Waals surface area contributed by atoms with E-state index in [1.54, 1.807) is 0 Å². The minimum atomic E-state index is -4.96. The minimum absolute atomic E-state index is 0.106. The summed E-state index contributed by atoms with van der Waals surface area (Å²) < 4.78 is 68.8. The minimum Gasteiger partial charge on any atom is -0.462 e. The summed E-state index contributed by atoms with van der Waals surface area (Å²) in [5.41, 5.74) is 0. The maximum atomic E-state index is 13.1. The van der Waals surface area contributed by atoms with Crippen molar-refractivity contribution < 1.29 is 80.2 Å². The van der Waals surface area contributed by atoms with E-state index in [9.17, 15) is 43.2 Å². The Bertz CT molecular complexity index is 1940. The monoisotopic (exact) mass is 1490 g/mol. The molecule has 0 saturated carbocycles. The van der Waals surface area contributed by atoms with E-state index in [1.807, 2.05) is 0 Å². The highest BCUT2D eigenvalue weighted by Crippen LogP contribution is 2.45. The van der Waals surface area contributed by atoms with Crippen molar-refractivity contribution >= 4 is 39.5 Å². The standard InChI is InChI=1S/C83H162O17P2/c1-6-9-12-15-18-21-24-27-29-31-32-33-34-35-36-38-40-43-48-53-58-63-68-82(87)99-78(72-94-81(86)67-62-57-52-47-42-39-37-30-28-25-22-19-16-13-10-7-2)74-97-101(89,90)95-70-77(84)71-96-102(91,92)98-75-79(100-83(88)69-64-59-54-49-44-45-50-55-60-65-76(4)5)73-93-80(85)66-61-56-51-46-41-26-23-20-17-14-11-8-3/h76-79,84H,6-75H2,1-5H3,(H,89,90)(H,91,92)/t77-,78-,79-/m1/s1. The van der Waals surface area contributed by atoms with Gasteiger partial charge in [-0.3, -0.25) is 37.3 Å². The Labute approximate surface area is 626 Å². The largest absolute Gasteiger partial charge is 0.472 e. The van der Waals surface area contributed by atoms with Crippen molar-refractivity contribution in [1.29, 1.82) is 0 Å². The summed E-state index contributed by atoms with van der Waals surface area (Å²) in [5, 5.41) is 10.7. The molecule has 2 unspecified atom stereocenters. The molecule has 19 heteroatoms. The van der Waals surface area contributed by atoms with Gasteiger partial charge >= 0.3 is 39.5 Å². The van der Waals surface area contributed by atoms with Gasteiger partial charge in [0, 0.05) is 25.7 Å². The van der Waals surface area contributed by atoms with Crippen molar-refractivity contribution in [1.82, 2.24) is 0 Å². The van der Waals surface area contributed by atoms with Crippen molar-refractivity contribution in [2.24, 2.45) is 5.92 Å². The van der Waals surface area contributed by atoms with Gasteiger partial charge in [0.15, 0.2) is 12.2 Å². The third kappa shape index (κ3) is 76.3. The first kappa shape index (κ1) is 100. The molecule has 0 aromatic heterocycles. The maximum absolute atomic E-state index is 13.1. The van der Waals surface area contributed by atoms with E-state index < -0.39 is 97.5 Å². The Morgan fingerprint density at radius 3 is 0.667 bits per heavy atom. The zero-order chi connectivity index (χ0) is 74.8. The average Bonchev–Trinajstić information content (AvgIpc) is 0.920. The van der Waals surface area contributed by atoms with E-state index in [1.165, 1.54) is 270 Å². The van der Waals surface area contributed by atoms with Gasteiger partial charge in [-0.05, 0) is 31.6 Å². The lowest BCUT2D eigenvalue weighted by Crippen LogP contribution is -2.30. The van der Waals surface area contributed by atoms with Gasteiger partial charge in [0.2, 0.25) is 0 Å². The SMILES string of the molecule is CCCCCCCCCCCCCCCCCCCCCCCCC(=O)O[C@H](COC(=O)CCCCCCCCCCCCCCCCCC)COP(=O)(O)OC[C@@H](O)COP(=O)(O)OC[C@@H](COC(=O)CCCCCCCCCCCCCC)OC(=O)CCCCCCCCCCCC(C)C. The van der Waals surface area contributed by atoms with Crippen LogP contribution < -0.4 is 0 Å². The summed E-state index contributed by atoms with van der Waals surface area (Å²) >= 11 is 0. The Morgan fingerprint density at radius 1 is 0.265 bits per heavy atom. The number of carbonyl (C=O) groups excluding carboxylic acids is 4. The van der Waals surface area contributed by atoms with E-state index in [4.69, 9.17) is 37.0 Å². The Hall–Kier alpha value is -1.94. The molecule has 0 aromatic rings. The topological polar surface area (TPSA) is 237 Å². The molecule has 0 radical (unpaired) electrons. The van der Waals surface area contributed by atoms with Gasteiger partial charge < -0.3 is 33.8 Å². The first-order valence-electron chi connectivity index (χ1n) is 43.1. The lowest BCUT2D eigenvalue weighted by atomic mass is 10.0. The molecule has 0 fully saturated rings. The van der Waals surface area contributed by atoms with Crippen LogP contribution in [0.4, 0.5) is 0 Å². The molecular formula is C83H162O17P2. The molecule has 0 saturated heterocycles. The van der Waals surface area contributed by atoms with Crippen LogP contribution in [0.2, 0.25) is 0 Å². The summed E-state index contributed by atoms with van der Waals surface area (Å²) in [6, 6.07) is 0. The average molecular weight is 1490 g/mol. The van der Waals surface area contributed by atoms with Crippen molar-refractivity contribution in [3.8, 4) is 0 Å². The molecule has 606 valence electrons. The number of hydrogen-bond acceptors (Lipinski definition) is 15. The third-order valence-electron chi connectivity index (χ3n) is 19.5. The molecule has 0 aromatic carbocycles. The second-order valence-electron chi connectivity index (χ2n) is 30.3. The zero-order valence-corrected chi connectivity index (χ0v) is 68.5. The van der Waals surface area contributed by atoms with Crippen LogP contribution in [-0.2, 0) is 65.4 Å². The first-order valence-corrected chi connectivity index (χ1v) is 46.1. The molecular weight excluding hydrogens is 1330 g/mol. The number of unbranched alkanes of at least 4 members (excludes halogenated alkanes) is 55. The van der Waals surface area contributed by atoms with Crippen LogP contribution >= 0.6 is 15.6 Å². The fourth-order valence-electron chi connectivity index (χ4n) is 12.9. The van der Waals surface area contributed by atoms with Crippen LogP contribution in [0.25, 0.3) is 0 Å². The van der Waals surface area contributed by atoms with E-state index in [0.29, 0.717) is 25.7 Å². The number of esters is 4. The predicted octanol–water partition coefficient (Wildman–Crippen LogP) is 25.2. The highest BCUT2D eigenvalue weighted by Gasteiger charge is 2.30. The molecule has 0 aliphatic rings. The lowest BCUT2D eigenvalue weighted by Gasteiger charge is -2.21. The van der Waals surface area contributed by atoms with Crippen LogP contribution in [0, 0.1) is 5.92 Å². The Morgan fingerprint density at radius 2 is 0.451 bits per heavy atom. The number of phosphoric ester groups is 2. The number of phosphoric acid groups is 2. The smallest absolute Gasteiger partial charge is 0.462 e. The number of ether oxygens (including phenoxy) is 4. The molecule has 0 heterocycles. The molecule has 3 N–H and O–H groups in total. The van der Waals surface area contributed by atoms with Crippen LogP contribution in [0.3, 0.4) is 0 Å². The lowest BCUT2D eigenvalue weighted by molar-refractivity contribution is -0.161. The molecule has 17 nitrogen and oxygen atoms in total. The van der Waals surface area contributed by atoms with E-state index in [0.717, 1.165) is 95.8 Å². The second kappa shape index (κ2) is 75.9. The number of aliphatic hydroxyl groups excluding tert-OH is 1. The van der Waals surface area contributed by atoms with Gasteiger partial charge in [-0.2, -0.15) is 0 Å². The maximum Gasteiger partial charge on any atom is 0.472 e. The van der Waals surface area contributed by atoms with Crippen molar-refractivity contribution in [3.63, 3.8) is 0 Å². The summed E-state index contributed by atoms with van der Waals surface area (Å²) in [5.74, 6) is -1.37. The van der Waals surface area contributed by atoms with Crippen LogP contribution in [0.5, 0.6) is 0 Å². The summed E-state index contributed by atoms with van der Waals surface area (Å²) in [4.78, 5) is 73.1. The number of hydrogen-bond donors (Lipinski definition) is 3. The molecule has 0 rings (SSSR count). The van der Waals surface area contributed by atoms with Crippen molar-refractivity contribution in [2.75, 3.05) is 39.6 Å². The van der Waals surface area contributed by atoms with E-state index in [2.05, 4.69) is 34.6 Å². The summed E-state index contributed by atoms with van der Waals surface area (Å²) in [7, 11) is -9.92. The molecule has 0 bridgehead atoms. The predicted molar refractivity (Wildman–Crippen MR) is 418 cm³/mol. The quantitative estimate of drug-likeness (QED) is 0.0222. The van der Waals surface area contributed by atoms with Gasteiger partial charge in [0.05, 0.1) is 26.4 Å². The van der Waals surface area contributed by atoms with Gasteiger partial charge in [-0.25, -0.2) is 9.13 Å². The fourth-order valence-corrected chi connectivity index (χ4v) is 14.5. The molecule has 102 heavy (non-hydrogen) atoms. The van der Waals surface area contributed by atoms with Crippen molar-refractivity contribution in [3.05, 3.63) is 0 Å². The number of carbonyl (C=O) groups is 4. The highest BCUT2D eigenvalue weighted by molar-refractivity contribution is 7.47. The molecule has 0 amide bonds. The van der Waals surface area contributed by atoms with Gasteiger partial charge in [-0.1, -0.05) is 394 Å². The molecule has 5 atom stereocenters. The summed E-state index contributed by atoms with van der Waals surface area (Å²) in [6.07, 6.45) is 68.1. The Balaban J connectivity index is 5.21. The number of aliphatic hydroxyl groups is 1. The van der Waals surface area contributed by atoms with Gasteiger partial charge in [-0.15, -0.1) is 0 Å². The fraction of sp³-hybridized carbons (Fsp3) is 0.952. The van der Waals surface area contributed by atoms with Crippen LogP contribution in [-0.4, -0.2) is 96.7 Å². The van der Waals surface area contributed by atoms with Crippen LogP contribution in [0.1, 0.15) is 446 Å².